The first-order valence-corrected chi connectivity index (χ1v) is 10.7. The molecule has 2 aromatic carbocycles. The smallest absolute Gasteiger partial charge is 0.265 e. The summed E-state index contributed by atoms with van der Waals surface area (Å²) >= 11 is 5.83. The van der Waals surface area contributed by atoms with Gasteiger partial charge in [-0.1, -0.05) is 17.7 Å². The zero-order chi connectivity index (χ0) is 23.7. The summed E-state index contributed by atoms with van der Waals surface area (Å²) in [5.74, 6) is -1.07. The molecule has 33 heavy (non-hydrogen) atoms. The highest BCUT2D eigenvalue weighted by molar-refractivity contribution is 6.30. The maximum atomic E-state index is 14.5. The summed E-state index contributed by atoms with van der Waals surface area (Å²) in [6, 6.07) is 8.99. The van der Waals surface area contributed by atoms with Gasteiger partial charge in [-0.15, -0.1) is 0 Å². The highest BCUT2D eigenvalue weighted by Crippen LogP contribution is 2.31. The van der Waals surface area contributed by atoms with E-state index in [4.69, 9.17) is 16.3 Å². The molecule has 1 unspecified atom stereocenters. The van der Waals surface area contributed by atoms with Gasteiger partial charge in [0.2, 0.25) is 5.91 Å². The number of alkyl halides is 1. The van der Waals surface area contributed by atoms with Gasteiger partial charge in [0.15, 0.2) is 0 Å². The van der Waals surface area contributed by atoms with E-state index in [9.17, 15) is 18.4 Å². The first-order chi connectivity index (χ1) is 15.8. The molecule has 1 aliphatic carbocycles. The van der Waals surface area contributed by atoms with Gasteiger partial charge in [0, 0.05) is 28.2 Å². The molecule has 1 atom stereocenters. The second kappa shape index (κ2) is 9.19. The van der Waals surface area contributed by atoms with Crippen LogP contribution >= 0.6 is 11.6 Å². The van der Waals surface area contributed by atoms with E-state index >= 15 is 0 Å². The number of carbonyl (C=O) groups excluding carboxylic acids is 2. The van der Waals surface area contributed by atoms with Crippen molar-refractivity contribution in [3.63, 3.8) is 0 Å². The summed E-state index contributed by atoms with van der Waals surface area (Å²) in [5.41, 5.74) is 2.02. The van der Waals surface area contributed by atoms with Gasteiger partial charge in [-0.2, -0.15) is 0 Å². The molecule has 1 amide bonds. The van der Waals surface area contributed by atoms with Crippen LogP contribution in [0.4, 0.5) is 8.78 Å². The third-order valence-electron chi connectivity index (χ3n) is 5.58. The Morgan fingerprint density at radius 3 is 2.70 bits per heavy atom. The minimum atomic E-state index is -1.06. The van der Waals surface area contributed by atoms with Crippen LogP contribution in [-0.4, -0.2) is 29.7 Å². The van der Waals surface area contributed by atoms with Gasteiger partial charge < -0.3 is 10.1 Å². The lowest BCUT2D eigenvalue weighted by Gasteiger charge is -2.12. The maximum Gasteiger partial charge on any atom is 0.265 e. The molecule has 0 saturated heterocycles. The van der Waals surface area contributed by atoms with E-state index in [0.717, 1.165) is 6.07 Å². The zero-order valence-corrected chi connectivity index (χ0v) is 18.7. The van der Waals surface area contributed by atoms with Crippen molar-refractivity contribution in [2.45, 2.75) is 25.9 Å². The van der Waals surface area contributed by atoms with Crippen LogP contribution in [0, 0.1) is 12.7 Å². The van der Waals surface area contributed by atoms with Crippen LogP contribution in [0.1, 0.15) is 28.0 Å². The van der Waals surface area contributed by atoms with Crippen LogP contribution in [0.5, 0.6) is 5.75 Å². The molecule has 5 nitrogen and oxygen atoms in total. The second-order valence-corrected chi connectivity index (χ2v) is 8.14. The SMILES string of the molecule is COc1ccc2c(c1)c(CC(=O)NC1=CCC(F)C=C1)c(C)n2C(=O)c1ccc(Cl)cc1F. The number of allylic oxidation sites excluding steroid dienone is 3. The minimum Gasteiger partial charge on any atom is -0.497 e. The molecule has 0 fully saturated rings. The van der Waals surface area contributed by atoms with Crippen LogP contribution in [0.25, 0.3) is 10.9 Å². The lowest BCUT2D eigenvalue weighted by molar-refractivity contribution is -0.119. The van der Waals surface area contributed by atoms with E-state index in [2.05, 4.69) is 5.32 Å². The van der Waals surface area contributed by atoms with Crippen LogP contribution in [-0.2, 0) is 11.2 Å². The van der Waals surface area contributed by atoms with Crippen molar-refractivity contribution in [3.05, 3.63) is 88.0 Å². The monoisotopic (exact) mass is 470 g/mol. The molecular weight excluding hydrogens is 450 g/mol. The van der Waals surface area contributed by atoms with Gasteiger partial charge >= 0.3 is 0 Å². The number of nitrogens with zero attached hydrogens (tertiary/aromatic N) is 1. The number of hydrogen-bond donors (Lipinski definition) is 1. The minimum absolute atomic E-state index is 0.0386. The number of hydrogen-bond acceptors (Lipinski definition) is 3. The number of carbonyl (C=O) groups is 2. The molecule has 0 aliphatic heterocycles. The van der Waals surface area contributed by atoms with E-state index in [1.807, 2.05) is 0 Å². The van der Waals surface area contributed by atoms with Crippen LogP contribution in [0.2, 0.25) is 5.02 Å². The molecule has 0 saturated carbocycles. The predicted molar refractivity (Wildman–Crippen MR) is 123 cm³/mol. The fraction of sp³-hybridized carbons (Fsp3) is 0.200. The van der Waals surface area contributed by atoms with Crippen LogP contribution in [0.3, 0.4) is 0 Å². The standard InChI is InChI=1S/C25H21ClF2N2O3/c1-14-20(13-24(31)29-17-6-4-16(27)5-7-17)21-12-18(33-2)8-10-23(21)30(14)25(32)19-9-3-15(26)11-22(19)28/h3-4,6-12,16H,5,13H2,1-2H3,(H,29,31). The first-order valence-electron chi connectivity index (χ1n) is 10.3. The number of nitrogens with one attached hydrogen (secondary N) is 1. The Balaban J connectivity index is 1.75. The molecule has 0 bridgehead atoms. The van der Waals surface area contributed by atoms with E-state index in [-0.39, 0.29) is 29.3 Å². The van der Waals surface area contributed by atoms with Crippen molar-refractivity contribution >= 4 is 34.3 Å². The van der Waals surface area contributed by atoms with Gasteiger partial charge in [0.1, 0.15) is 17.7 Å². The Labute approximate surface area is 194 Å². The Morgan fingerprint density at radius 2 is 2.03 bits per heavy atom. The van der Waals surface area contributed by atoms with Gasteiger partial charge in [-0.3, -0.25) is 14.2 Å². The van der Waals surface area contributed by atoms with Crippen LogP contribution in [0.15, 0.2) is 60.3 Å². The Bertz CT molecular complexity index is 1330. The van der Waals surface area contributed by atoms with Crippen molar-refractivity contribution < 1.29 is 23.1 Å². The summed E-state index contributed by atoms with van der Waals surface area (Å²) in [7, 11) is 1.52. The van der Waals surface area contributed by atoms with Gasteiger partial charge in [0.05, 0.1) is 24.6 Å². The first kappa shape index (κ1) is 22.7. The summed E-state index contributed by atoms with van der Waals surface area (Å²) < 4.78 is 34.5. The number of fused-ring (bicyclic) bond motifs is 1. The number of aromatic nitrogens is 1. The number of amides is 1. The molecule has 0 spiro atoms. The molecule has 1 heterocycles. The lowest BCUT2D eigenvalue weighted by Crippen LogP contribution is -2.25. The summed E-state index contributed by atoms with van der Waals surface area (Å²) in [6.45, 7) is 1.70. The van der Waals surface area contributed by atoms with Crippen molar-refractivity contribution in [2.24, 2.45) is 0 Å². The highest BCUT2D eigenvalue weighted by atomic mass is 35.5. The van der Waals surface area contributed by atoms with Crippen LogP contribution < -0.4 is 10.1 Å². The largest absolute Gasteiger partial charge is 0.497 e. The number of rotatable bonds is 5. The molecule has 8 heteroatoms. The summed E-state index contributed by atoms with van der Waals surface area (Å²) in [4.78, 5) is 26.1. The molecule has 170 valence electrons. The van der Waals surface area contributed by atoms with Crippen molar-refractivity contribution in [1.82, 2.24) is 9.88 Å². The Kier molecular flexibility index (Phi) is 6.33. The third kappa shape index (κ3) is 4.54. The predicted octanol–water partition coefficient (Wildman–Crippen LogP) is 5.28. The molecule has 1 N–H and O–H groups in total. The fourth-order valence-electron chi connectivity index (χ4n) is 3.91. The molecule has 0 radical (unpaired) electrons. The zero-order valence-electron chi connectivity index (χ0n) is 18.0. The molecule has 1 aromatic heterocycles. The quantitative estimate of drug-likeness (QED) is 0.552. The topological polar surface area (TPSA) is 60.3 Å². The lowest BCUT2D eigenvalue weighted by atomic mass is 10.1. The number of ether oxygens (including phenoxy) is 1. The molecule has 3 aromatic rings. The maximum absolute atomic E-state index is 14.5. The summed E-state index contributed by atoms with van der Waals surface area (Å²) in [6.07, 6.45) is 3.63. The second-order valence-electron chi connectivity index (χ2n) is 7.71. The van der Waals surface area contributed by atoms with E-state index in [1.54, 1.807) is 31.2 Å². The Hall–Kier alpha value is -3.45. The van der Waals surface area contributed by atoms with Crippen molar-refractivity contribution in [1.29, 1.82) is 0 Å². The van der Waals surface area contributed by atoms with E-state index < -0.39 is 17.9 Å². The van der Waals surface area contributed by atoms with E-state index in [0.29, 0.717) is 33.6 Å². The number of methoxy groups -OCH3 is 1. The average molecular weight is 471 g/mol. The summed E-state index contributed by atoms with van der Waals surface area (Å²) in [5, 5.41) is 3.59. The van der Waals surface area contributed by atoms with Crippen molar-refractivity contribution in [2.75, 3.05) is 7.11 Å². The number of benzene rings is 2. The molecule has 4 rings (SSSR count). The normalized spacial score (nSPS) is 15.4. The molecule has 1 aliphatic rings. The fourth-order valence-corrected chi connectivity index (χ4v) is 4.07. The van der Waals surface area contributed by atoms with Crippen molar-refractivity contribution in [3.8, 4) is 5.75 Å². The van der Waals surface area contributed by atoms with E-state index in [1.165, 1.54) is 36.0 Å². The van der Waals surface area contributed by atoms with Gasteiger partial charge in [-0.05, 0) is 61.0 Å². The third-order valence-corrected chi connectivity index (χ3v) is 5.81. The Morgan fingerprint density at radius 1 is 1.24 bits per heavy atom. The highest BCUT2D eigenvalue weighted by Gasteiger charge is 2.24. The van der Waals surface area contributed by atoms with Gasteiger partial charge in [-0.25, -0.2) is 8.78 Å². The van der Waals surface area contributed by atoms with Gasteiger partial charge in [0.25, 0.3) is 5.91 Å². The number of halogens is 3. The molecular formula is C25H21ClF2N2O3. The average Bonchev–Trinajstić information content (AvgIpc) is 3.05.